The molecule has 3 rings (SSSR count). The molecule has 6 heteroatoms. The predicted octanol–water partition coefficient (Wildman–Crippen LogP) is 3.55. The van der Waals surface area contributed by atoms with Crippen molar-refractivity contribution in [3.63, 3.8) is 0 Å². The summed E-state index contributed by atoms with van der Waals surface area (Å²) in [5.41, 5.74) is 4.54. The number of hydrogen-bond donors (Lipinski definition) is 1. The van der Waals surface area contributed by atoms with Crippen LogP contribution < -0.4 is 14.8 Å². The van der Waals surface area contributed by atoms with Crippen LogP contribution in [0.25, 0.3) is 0 Å². The van der Waals surface area contributed by atoms with Gasteiger partial charge in [0.15, 0.2) is 11.5 Å². The first-order chi connectivity index (χ1) is 13.5. The molecule has 0 atom stereocenters. The second-order valence-corrected chi connectivity index (χ2v) is 6.60. The number of benzene rings is 2. The molecule has 0 aliphatic rings. The normalized spacial score (nSPS) is 10.6. The molecule has 0 aliphatic carbocycles. The van der Waals surface area contributed by atoms with E-state index in [1.54, 1.807) is 13.2 Å². The Labute approximate surface area is 165 Å². The van der Waals surface area contributed by atoms with Crippen molar-refractivity contribution in [1.29, 1.82) is 0 Å². The summed E-state index contributed by atoms with van der Waals surface area (Å²) in [6, 6.07) is 14.9. The number of methoxy groups -OCH3 is 1. The van der Waals surface area contributed by atoms with E-state index in [0.29, 0.717) is 30.2 Å². The molecule has 0 fully saturated rings. The van der Waals surface area contributed by atoms with Gasteiger partial charge in [0.25, 0.3) is 5.91 Å². The maximum atomic E-state index is 12.6. The Morgan fingerprint density at radius 1 is 1.11 bits per heavy atom. The summed E-state index contributed by atoms with van der Waals surface area (Å²) in [6.07, 6.45) is 0. The number of rotatable bonds is 7. The number of carbonyl (C=O) groups excluding carboxylic acids is 1. The fourth-order valence-corrected chi connectivity index (χ4v) is 3.05. The van der Waals surface area contributed by atoms with Crippen molar-refractivity contribution in [2.45, 2.75) is 27.0 Å². The van der Waals surface area contributed by atoms with Crippen LogP contribution in [0.5, 0.6) is 11.5 Å². The van der Waals surface area contributed by atoms with Gasteiger partial charge in [-0.2, -0.15) is 5.10 Å². The second kappa shape index (κ2) is 8.61. The van der Waals surface area contributed by atoms with Gasteiger partial charge in [0.2, 0.25) is 0 Å². The molecule has 6 nitrogen and oxygen atoms in total. The lowest BCUT2D eigenvalue weighted by Gasteiger charge is -2.11. The van der Waals surface area contributed by atoms with E-state index in [1.807, 2.05) is 68.0 Å². The van der Waals surface area contributed by atoms with Crippen molar-refractivity contribution >= 4 is 5.91 Å². The molecule has 0 radical (unpaired) electrons. The van der Waals surface area contributed by atoms with Crippen molar-refractivity contribution in [3.8, 4) is 11.5 Å². The second-order valence-electron chi connectivity index (χ2n) is 6.60. The summed E-state index contributed by atoms with van der Waals surface area (Å²) in [5, 5.41) is 7.36. The van der Waals surface area contributed by atoms with Crippen LogP contribution in [0.15, 0.2) is 48.5 Å². The molecule has 1 N–H and O–H groups in total. The zero-order chi connectivity index (χ0) is 20.1. The maximum absolute atomic E-state index is 12.6. The predicted molar refractivity (Wildman–Crippen MR) is 108 cm³/mol. The quantitative estimate of drug-likeness (QED) is 0.682. The molecule has 0 unspecified atom stereocenters. The largest absolute Gasteiger partial charge is 0.493 e. The minimum absolute atomic E-state index is 0.123. The van der Waals surface area contributed by atoms with Crippen molar-refractivity contribution in [2.24, 2.45) is 7.05 Å². The third kappa shape index (κ3) is 4.34. The van der Waals surface area contributed by atoms with Crippen molar-refractivity contribution in [1.82, 2.24) is 15.1 Å². The lowest BCUT2D eigenvalue weighted by atomic mass is 10.1. The van der Waals surface area contributed by atoms with E-state index in [2.05, 4.69) is 10.4 Å². The van der Waals surface area contributed by atoms with Gasteiger partial charge in [0.1, 0.15) is 6.61 Å². The van der Waals surface area contributed by atoms with Crippen LogP contribution in [0.2, 0.25) is 0 Å². The monoisotopic (exact) mass is 379 g/mol. The van der Waals surface area contributed by atoms with Gasteiger partial charge in [-0.25, -0.2) is 0 Å². The highest BCUT2D eigenvalue weighted by Crippen LogP contribution is 2.26. The summed E-state index contributed by atoms with van der Waals surface area (Å²) < 4.78 is 13.0. The molecule has 146 valence electrons. The van der Waals surface area contributed by atoms with Gasteiger partial charge < -0.3 is 14.8 Å². The molecule has 1 aromatic heterocycles. The first-order valence-electron chi connectivity index (χ1n) is 9.11. The van der Waals surface area contributed by atoms with Crippen molar-refractivity contribution < 1.29 is 14.3 Å². The number of aryl methyl sites for hydroxylation is 2. The Morgan fingerprint density at radius 2 is 1.86 bits per heavy atom. The fraction of sp³-hybridized carbons (Fsp3) is 0.273. The molecule has 0 bridgehead atoms. The van der Waals surface area contributed by atoms with E-state index < -0.39 is 0 Å². The third-order valence-electron chi connectivity index (χ3n) is 4.74. The topological polar surface area (TPSA) is 65.4 Å². The zero-order valence-electron chi connectivity index (χ0n) is 16.7. The van der Waals surface area contributed by atoms with Gasteiger partial charge in [-0.05, 0) is 43.7 Å². The number of hydrogen-bond acceptors (Lipinski definition) is 4. The van der Waals surface area contributed by atoms with E-state index in [0.717, 1.165) is 22.5 Å². The highest BCUT2D eigenvalue weighted by molar-refractivity contribution is 5.94. The van der Waals surface area contributed by atoms with Crippen LogP contribution in [-0.4, -0.2) is 22.8 Å². The number of carbonyl (C=O) groups is 1. The zero-order valence-corrected chi connectivity index (χ0v) is 16.7. The highest BCUT2D eigenvalue weighted by atomic mass is 16.5. The van der Waals surface area contributed by atoms with Crippen LogP contribution in [-0.2, 0) is 20.2 Å². The molecule has 0 saturated carbocycles. The molecule has 0 aliphatic heterocycles. The standard InChI is InChI=1S/C22H25N3O3/c1-15-19(16(2)25(3)24-15)13-23-22(26)18-9-7-8-17(12-18)14-28-21-11-6-5-10-20(21)27-4/h5-12H,13-14H2,1-4H3,(H,23,26). The summed E-state index contributed by atoms with van der Waals surface area (Å²) in [6.45, 7) is 4.75. The summed E-state index contributed by atoms with van der Waals surface area (Å²) in [4.78, 5) is 12.6. The summed E-state index contributed by atoms with van der Waals surface area (Å²) >= 11 is 0. The minimum Gasteiger partial charge on any atom is -0.493 e. The number of ether oxygens (including phenoxy) is 2. The molecule has 2 aromatic carbocycles. The maximum Gasteiger partial charge on any atom is 0.251 e. The minimum atomic E-state index is -0.123. The van der Waals surface area contributed by atoms with Gasteiger partial charge in [0.05, 0.1) is 12.8 Å². The molecule has 3 aromatic rings. The third-order valence-corrected chi connectivity index (χ3v) is 4.74. The number of aromatic nitrogens is 2. The summed E-state index contributed by atoms with van der Waals surface area (Å²) in [5.74, 6) is 1.22. The van der Waals surface area contributed by atoms with Gasteiger partial charge in [0, 0.05) is 30.4 Å². The first-order valence-corrected chi connectivity index (χ1v) is 9.11. The molecular formula is C22H25N3O3. The van der Waals surface area contributed by atoms with Crippen LogP contribution in [0.3, 0.4) is 0 Å². The highest BCUT2D eigenvalue weighted by Gasteiger charge is 2.12. The molecule has 1 heterocycles. The number of amides is 1. The number of para-hydroxylation sites is 2. The smallest absolute Gasteiger partial charge is 0.251 e. The fourth-order valence-electron chi connectivity index (χ4n) is 3.05. The molecular weight excluding hydrogens is 354 g/mol. The number of nitrogens with one attached hydrogen (secondary N) is 1. The van der Waals surface area contributed by atoms with E-state index in [4.69, 9.17) is 9.47 Å². The van der Waals surface area contributed by atoms with Gasteiger partial charge >= 0.3 is 0 Å². The molecule has 1 amide bonds. The van der Waals surface area contributed by atoms with E-state index in [9.17, 15) is 4.79 Å². The van der Waals surface area contributed by atoms with Gasteiger partial charge in [-0.3, -0.25) is 9.48 Å². The average molecular weight is 379 g/mol. The van der Waals surface area contributed by atoms with E-state index in [1.165, 1.54) is 0 Å². The first kappa shape index (κ1) is 19.5. The Bertz CT molecular complexity index is 979. The Balaban J connectivity index is 1.64. The molecule has 0 spiro atoms. The van der Waals surface area contributed by atoms with Gasteiger partial charge in [-0.15, -0.1) is 0 Å². The lowest BCUT2D eigenvalue weighted by Crippen LogP contribution is -2.23. The lowest BCUT2D eigenvalue weighted by molar-refractivity contribution is 0.0950. The Morgan fingerprint density at radius 3 is 2.54 bits per heavy atom. The average Bonchev–Trinajstić information content (AvgIpc) is 2.96. The van der Waals surface area contributed by atoms with Crippen molar-refractivity contribution in [3.05, 3.63) is 76.6 Å². The molecule has 28 heavy (non-hydrogen) atoms. The SMILES string of the molecule is COc1ccccc1OCc1cccc(C(=O)NCc2c(C)nn(C)c2C)c1. The van der Waals surface area contributed by atoms with Crippen LogP contribution >= 0.6 is 0 Å². The van der Waals surface area contributed by atoms with Crippen LogP contribution in [0, 0.1) is 13.8 Å². The van der Waals surface area contributed by atoms with Crippen LogP contribution in [0.4, 0.5) is 0 Å². The van der Waals surface area contributed by atoms with E-state index in [-0.39, 0.29) is 5.91 Å². The Hall–Kier alpha value is -3.28. The Kier molecular flexibility index (Phi) is 5.99. The van der Waals surface area contributed by atoms with E-state index >= 15 is 0 Å². The van der Waals surface area contributed by atoms with Gasteiger partial charge in [-0.1, -0.05) is 24.3 Å². The summed E-state index contributed by atoms with van der Waals surface area (Å²) in [7, 11) is 3.51. The molecule has 0 saturated heterocycles. The van der Waals surface area contributed by atoms with Crippen molar-refractivity contribution in [2.75, 3.05) is 7.11 Å². The van der Waals surface area contributed by atoms with Crippen LogP contribution in [0.1, 0.15) is 32.9 Å². The number of nitrogens with zero attached hydrogens (tertiary/aromatic N) is 2.